The van der Waals surface area contributed by atoms with Gasteiger partial charge in [0, 0.05) is 18.1 Å². The van der Waals surface area contributed by atoms with Gasteiger partial charge in [-0.3, -0.25) is 0 Å². The molecule has 2 aromatic rings. The van der Waals surface area contributed by atoms with Gasteiger partial charge in [-0.1, -0.05) is 47.8 Å². The van der Waals surface area contributed by atoms with Gasteiger partial charge < -0.3 is 4.74 Å². The van der Waals surface area contributed by atoms with E-state index in [1.807, 2.05) is 12.1 Å². The number of hydrogen-bond donors (Lipinski definition) is 0. The molecule has 0 spiro atoms. The van der Waals surface area contributed by atoms with Gasteiger partial charge in [0.25, 0.3) is 0 Å². The molecule has 2 aromatic carbocycles. The average Bonchev–Trinajstić information content (AvgIpc) is 2.40. The fourth-order valence-electron chi connectivity index (χ4n) is 1.78. The summed E-state index contributed by atoms with van der Waals surface area (Å²) >= 11 is 13.2. The molecule has 100 valence electrons. The minimum atomic E-state index is 0.0732. The number of benzene rings is 2. The second kappa shape index (κ2) is 6.91. The second-order valence-electron chi connectivity index (χ2n) is 3.91. The Morgan fingerprint density at radius 2 is 1.79 bits per heavy atom. The van der Waals surface area contributed by atoms with Crippen molar-refractivity contribution in [2.24, 2.45) is 0 Å². The molecular weight excluding hydrogens is 551 g/mol. The predicted molar refractivity (Wildman–Crippen MR) is 98.3 cm³/mol. The summed E-state index contributed by atoms with van der Waals surface area (Å²) < 4.78 is 8.76. The average molecular weight is 561 g/mol. The van der Waals surface area contributed by atoms with Crippen LogP contribution in [0.25, 0.3) is 0 Å². The van der Waals surface area contributed by atoms with E-state index in [1.54, 1.807) is 7.11 Å². The minimum absolute atomic E-state index is 0.0732. The van der Waals surface area contributed by atoms with Crippen molar-refractivity contribution in [2.45, 2.75) is 4.83 Å². The third-order valence-corrected chi connectivity index (χ3v) is 5.57. The Balaban J connectivity index is 2.51. The van der Waals surface area contributed by atoms with E-state index in [0.717, 1.165) is 20.3 Å². The van der Waals surface area contributed by atoms with Crippen LogP contribution in [0.15, 0.2) is 45.3 Å². The summed E-state index contributed by atoms with van der Waals surface area (Å²) in [6.45, 7) is 0. The molecule has 1 atom stereocenters. The second-order valence-corrected chi connectivity index (χ2v) is 7.85. The van der Waals surface area contributed by atoms with Crippen LogP contribution >= 0.6 is 70.4 Å². The van der Waals surface area contributed by atoms with Crippen molar-refractivity contribution in [2.75, 3.05) is 7.11 Å². The maximum atomic E-state index is 5.45. The molecule has 0 amide bonds. The van der Waals surface area contributed by atoms with Crippen LogP contribution in [0.2, 0.25) is 0 Å². The molecule has 1 unspecified atom stereocenters. The molecule has 5 heteroatoms. The molecule has 2 rings (SSSR count). The summed E-state index contributed by atoms with van der Waals surface area (Å²) in [5.41, 5.74) is 2.28. The van der Waals surface area contributed by atoms with Gasteiger partial charge in [-0.15, -0.1) is 0 Å². The third-order valence-electron chi connectivity index (χ3n) is 2.70. The van der Waals surface area contributed by atoms with Gasteiger partial charge in [0.1, 0.15) is 5.75 Å². The summed E-state index contributed by atoms with van der Waals surface area (Å²) in [6, 6.07) is 12.3. The number of ether oxygens (including phenoxy) is 1. The highest BCUT2D eigenvalue weighted by Gasteiger charge is 2.18. The molecule has 0 aliphatic carbocycles. The summed E-state index contributed by atoms with van der Waals surface area (Å²) in [4.78, 5) is 0.0732. The Kier molecular flexibility index (Phi) is 5.75. The number of alkyl halides is 1. The third kappa shape index (κ3) is 3.74. The van der Waals surface area contributed by atoms with Gasteiger partial charge in [0.2, 0.25) is 0 Å². The normalized spacial score (nSPS) is 12.3. The van der Waals surface area contributed by atoms with E-state index < -0.39 is 0 Å². The fourth-order valence-corrected chi connectivity index (χ4v) is 4.19. The largest absolute Gasteiger partial charge is 0.496 e. The van der Waals surface area contributed by atoms with Crippen LogP contribution in [0, 0.1) is 3.57 Å². The number of methoxy groups -OCH3 is 1. The molecule has 0 radical (unpaired) electrons. The summed E-state index contributed by atoms with van der Waals surface area (Å²) in [6.07, 6.45) is 0. The van der Waals surface area contributed by atoms with Crippen LogP contribution in [0.3, 0.4) is 0 Å². The van der Waals surface area contributed by atoms with Crippen molar-refractivity contribution >= 4 is 70.4 Å². The van der Waals surface area contributed by atoms with Gasteiger partial charge in [-0.05, 0) is 64.6 Å². The van der Waals surface area contributed by atoms with Crippen molar-refractivity contribution in [3.8, 4) is 5.75 Å². The van der Waals surface area contributed by atoms with Gasteiger partial charge in [0.15, 0.2) is 0 Å². The van der Waals surface area contributed by atoms with Crippen molar-refractivity contribution in [3.05, 3.63) is 60.0 Å². The Morgan fingerprint density at radius 1 is 1.05 bits per heavy atom. The minimum Gasteiger partial charge on any atom is -0.496 e. The first-order valence-corrected chi connectivity index (χ1v) is 9.03. The first-order valence-electron chi connectivity index (χ1n) is 5.45. The SMILES string of the molecule is COc1ccc(Br)cc1C(Br)c1cc(I)ccc1Br. The highest BCUT2D eigenvalue weighted by molar-refractivity contribution is 14.1. The van der Waals surface area contributed by atoms with E-state index in [-0.39, 0.29) is 4.83 Å². The molecular formula is C14H10Br3IO. The number of rotatable bonds is 3. The molecule has 0 heterocycles. The number of halogens is 4. The summed E-state index contributed by atoms with van der Waals surface area (Å²) in [5, 5.41) is 0. The van der Waals surface area contributed by atoms with Gasteiger partial charge in [-0.25, -0.2) is 0 Å². The van der Waals surface area contributed by atoms with Crippen molar-refractivity contribution < 1.29 is 4.74 Å². The van der Waals surface area contributed by atoms with E-state index >= 15 is 0 Å². The van der Waals surface area contributed by atoms with Crippen molar-refractivity contribution in [3.63, 3.8) is 0 Å². The maximum Gasteiger partial charge on any atom is 0.123 e. The molecule has 0 fully saturated rings. The first-order chi connectivity index (χ1) is 9.02. The zero-order valence-corrected chi connectivity index (χ0v) is 16.9. The van der Waals surface area contributed by atoms with Gasteiger partial charge >= 0.3 is 0 Å². The van der Waals surface area contributed by atoms with Crippen LogP contribution < -0.4 is 4.74 Å². The molecule has 1 nitrogen and oxygen atoms in total. The van der Waals surface area contributed by atoms with E-state index in [1.165, 1.54) is 9.13 Å². The molecule has 0 bridgehead atoms. The number of hydrogen-bond acceptors (Lipinski definition) is 1. The lowest BCUT2D eigenvalue weighted by molar-refractivity contribution is 0.410. The van der Waals surface area contributed by atoms with E-state index in [4.69, 9.17) is 4.74 Å². The van der Waals surface area contributed by atoms with Gasteiger partial charge in [0.05, 0.1) is 11.9 Å². The zero-order chi connectivity index (χ0) is 14.0. The quantitative estimate of drug-likeness (QED) is 0.316. The lowest BCUT2D eigenvalue weighted by Crippen LogP contribution is -1.98. The lowest BCUT2D eigenvalue weighted by atomic mass is 10.0. The smallest absolute Gasteiger partial charge is 0.123 e. The molecule has 0 saturated carbocycles. The van der Waals surface area contributed by atoms with Crippen molar-refractivity contribution in [1.29, 1.82) is 0 Å². The van der Waals surface area contributed by atoms with E-state index in [9.17, 15) is 0 Å². The molecule has 0 aliphatic rings. The topological polar surface area (TPSA) is 9.23 Å². The Morgan fingerprint density at radius 3 is 2.47 bits per heavy atom. The molecule has 0 saturated heterocycles. The lowest BCUT2D eigenvalue weighted by Gasteiger charge is -2.17. The van der Waals surface area contributed by atoms with Crippen LogP contribution in [-0.4, -0.2) is 7.11 Å². The van der Waals surface area contributed by atoms with Crippen molar-refractivity contribution in [1.82, 2.24) is 0 Å². The molecule has 19 heavy (non-hydrogen) atoms. The molecule has 0 aromatic heterocycles. The highest BCUT2D eigenvalue weighted by Crippen LogP contribution is 2.41. The first kappa shape index (κ1) is 15.8. The zero-order valence-electron chi connectivity index (χ0n) is 9.96. The van der Waals surface area contributed by atoms with Crippen LogP contribution in [0.1, 0.15) is 16.0 Å². The summed E-state index contributed by atoms with van der Waals surface area (Å²) in [5.74, 6) is 0.871. The van der Waals surface area contributed by atoms with E-state index in [2.05, 4.69) is 94.6 Å². The highest BCUT2D eigenvalue weighted by atomic mass is 127. The van der Waals surface area contributed by atoms with Crippen LogP contribution in [0.5, 0.6) is 5.75 Å². The van der Waals surface area contributed by atoms with E-state index in [0.29, 0.717) is 0 Å². The fraction of sp³-hybridized carbons (Fsp3) is 0.143. The maximum absolute atomic E-state index is 5.45. The Labute approximate surface area is 151 Å². The predicted octanol–water partition coefficient (Wildman–Crippen LogP) is 6.31. The Hall–Kier alpha value is 0.410. The Bertz CT molecular complexity index is 601. The van der Waals surface area contributed by atoms with Gasteiger partial charge in [-0.2, -0.15) is 0 Å². The standard InChI is InChI=1S/C14H10Br3IO/c1-19-13-5-2-8(15)6-11(13)14(17)10-7-9(18)3-4-12(10)16/h2-7,14H,1H3. The van der Waals surface area contributed by atoms with Crippen LogP contribution in [0.4, 0.5) is 0 Å². The molecule has 0 aliphatic heterocycles. The monoisotopic (exact) mass is 558 g/mol. The van der Waals surface area contributed by atoms with Crippen LogP contribution in [-0.2, 0) is 0 Å². The summed E-state index contributed by atoms with van der Waals surface area (Å²) in [7, 11) is 1.69. The molecule has 0 N–H and O–H groups in total.